The van der Waals surface area contributed by atoms with Crippen molar-refractivity contribution in [1.29, 1.82) is 0 Å². The largest absolute Gasteiger partial charge is 0.481 e. The van der Waals surface area contributed by atoms with Gasteiger partial charge in [0.15, 0.2) is 6.10 Å². The van der Waals surface area contributed by atoms with Gasteiger partial charge in [-0.05, 0) is 51.0 Å². The lowest BCUT2D eigenvalue weighted by atomic mass is 9.96. The fraction of sp³-hybridized carbons (Fsp3) is 0.606. The van der Waals surface area contributed by atoms with E-state index in [1.54, 1.807) is 34.7 Å². The van der Waals surface area contributed by atoms with Crippen LogP contribution >= 0.6 is 11.3 Å². The van der Waals surface area contributed by atoms with Crippen molar-refractivity contribution in [2.45, 2.75) is 111 Å². The van der Waals surface area contributed by atoms with Crippen LogP contribution in [-0.2, 0) is 25.5 Å². The minimum Gasteiger partial charge on any atom is -0.481 e. The first-order valence-electron chi connectivity index (χ1n) is 15.1. The summed E-state index contributed by atoms with van der Waals surface area (Å²) in [5, 5.41) is 13.0. The third kappa shape index (κ3) is 11.2. The Hall–Kier alpha value is -3.47. The predicted molar refractivity (Wildman–Crippen MR) is 171 cm³/mol. The maximum absolute atomic E-state index is 13.7. The van der Waals surface area contributed by atoms with Gasteiger partial charge in [-0.1, -0.05) is 65.0 Å². The zero-order chi connectivity index (χ0) is 33.4. The van der Waals surface area contributed by atoms with Crippen molar-refractivity contribution in [2.24, 2.45) is 11.8 Å². The molecule has 44 heavy (non-hydrogen) atoms. The molecule has 0 unspecified atom stereocenters. The summed E-state index contributed by atoms with van der Waals surface area (Å²) in [7, 11) is 1.66. The Morgan fingerprint density at radius 2 is 1.64 bits per heavy atom. The molecule has 1 heterocycles. The number of hydrogen-bond donors (Lipinski definition) is 2. The number of nitrogens with zero attached hydrogens (tertiary/aromatic N) is 2. The van der Waals surface area contributed by atoms with Crippen LogP contribution in [-0.4, -0.2) is 63.7 Å². The number of aliphatic carboxylic acids is 1. The number of carboxylic acids is 1. The first kappa shape index (κ1) is 36.7. The Balaban J connectivity index is 2.43. The summed E-state index contributed by atoms with van der Waals surface area (Å²) in [5.41, 5.74) is 0.522. The van der Waals surface area contributed by atoms with E-state index in [1.165, 1.54) is 23.2 Å². The third-order valence-electron chi connectivity index (χ3n) is 7.12. The lowest BCUT2D eigenvalue weighted by Gasteiger charge is -2.34. The summed E-state index contributed by atoms with van der Waals surface area (Å²) in [6, 6.07) is 8.78. The highest BCUT2D eigenvalue weighted by molar-refractivity contribution is 7.12. The van der Waals surface area contributed by atoms with Crippen LogP contribution in [0.3, 0.4) is 0 Å². The van der Waals surface area contributed by atoms with E-state index in [9.17, 15) is 24.3 Å². The molecule has 0 aliphatic rings. The number of rotatable bonds is 14. The fourth-order valence-electron chi connectivity index (χ4n) is 4.88. The molecule has 0 bridgehead atoms. The summed E-state index contributed by atoms with van der Waals surface area (Å²) in [6.45, 7) is 16.2. The van der Waals surface area contributed by atoms with Gasteiger partial charge in [0, 0.05) is 37.4 Å². The van der Waals surface area contributed by atoms with Crippen molar-refractivity contribution in [3.05, 3.63) is 51.5 Å². The van der Waals surface area contributed by atoms with E-state index in [4.69, 9.17) is 14.5 Å². The SMILES string of the molecule is CC(=O)O[C@H](C[C@@H](C(C)C)N(C)C(=O)OC(C)(C)C)c1nc(C(=O)N[C@H](Cc2ccccc2)C[C@H](C)C(=O)O)c(C(C)C)s1. The minimum atomic E-state index is -0.934. The van der Waals surface area contributed by atoms with Crippen molar-refractivity contribution in [1.82, 2.24) is 15.2 Å². The summed E-state index contributed by atoms with van der Waals surface area (Å²) in [5.74, 6) is -2.58. The van der Waals surface area contributed by atoms with Gasteiger partial charge >= 0.3 is 18.0 Å². The van der Waals surface area contributed by atoms with Crippen molar-refractivity contribution in [3.8, 4) is 0 Å². The van der Waals surface area contributed by atoms with Crippen LogP contribution in [0.5, 0.6) is 0 Å². The Labute approximate surface area is 265 Å². The van der Waals surface area contributed by atoms with Crippen LogP contribution in [0.15, 0.2) is 30.3 Å². The maximum Gasteiger partial charge on any atom is 0.410 e. The lowest BCUT2D eigenvalue weighted by Crippen LogP contribution is -2.44. The lowest BCUT2D eigenvalue weighted by molar-refractivity contribution is -0.148. The molecule has 0 fully saturated rings. The quantitative estimate of drug-likeness (QED) is 0.223. The Kier molecular flexibility index (Phi) is 13.4. The molecule has 4 atom stereocenters. The van der Waals surface area contributed by atoms with Gasteiger partial charge in [0.2, 0.25) is 0 Å². The van der Waals surface area contributed by atoms with Crippen molar-refractivity contribution in [3.63, 3.8) is 0 Å². The smallest absolute Gasteiger partial charge is 0.410 e. The van der Waals surface area contributed by atoms with Gasteiger partial charge in [-0.15, -0.1) is 11.3 Å². The second-order valence-electron chi connectivity index (χ2n) is 13.0. The molecule has 0 saturated heterocycles. The average molecular weight is 632 g/mol. The Morgan fingerprint density at radius 3 is 2.14 bits per heavy atom. The molecule has 0 spiro atoms. The van der Waals surface area contributed by atoms with Gasteiger partial charge < -0.3 is 24.8 Å². The number of aromatic nitrogens is 1. The van der Waals surface area contributed by atoms with Gasteiger partial charge in [-0.25, -0.2) is 9.78 Å². The molecule has 0 saturated carbocycles. The average Bonchev–Trinajstić information content (AvgIpc) is 3.36. The number of carbonyl (C=O) groups excluding carboxylic acids is 3. The molecule has 0 aliphatic heterocycles. The highest BCUT2D eigenvalue weighted by Crippen LogP contribution is 2.35. The second-order valence-corrected chi connectivity index (χ2v) is 14.1. The molecule has 2 aromatic rings. The number of thiazole rings is 1. The van der Waals surface area contributed by atoms with E-state index < -0.39 is 47.6 Å². The molecule has 244 valence electrons. The maximum atomic E-state index is 13.7. The van der Waals surface area contributed by atoms with Crippen LogP contribution in [0, 0.1) is 11.8 Å². The standard InChI is InChI=1S/C33H49N3O7S/c1-19(2)25(36(10)32(41)43-33(7,8)9)18-26(42-22(6)37)30-35-27(28(44-30)20(3)4)29(38)34-24(16-21(5)31(39)40)17-23-14-12-11-13-15-23/h11-15,19-21,24-26H,16-18H2,1-10H3,(H,34,38)(H,39,40)/t21-,24-,25-,26+/m0/s1. The summed E-state index contributed by atoms with van der Waals surface area (Å²) in [6.07, 6.45) is -0.332. The molecular weight excluding hydrogens is 582 g/mol. The molecule has 11 heteroatoms. The number of hydrogen-bond acceptors (Lipinski definition) is 8. The molecule has 10 nitrogen and oxygen atoms in total. The number of esters is 1. The first-order chi connectivity index (χ1) is 20.4. The topological polar surface area (TPSA) is 135 Å². The van der Waals surface area contributed by atoms with Gasteiger partial charge in [0.05, 0.1) is 5.92 Å². The van der Waals surface area contributed by atoms with Crippen LogP contribution in [0.4, 0.5) is 4.79 Å². The summed E-state index contributed by atoms with van der Waals surface area (Å²) < 4.78 is 11.3. The van der Waals surface area contributed by atoms with E-state index >= 15 is 0 Å². The second kappa shape index (κ2) is 16.0. The molecule has 1 aromatic carbocycles. The predicted octanol–water partition coefficient (Wildman–Crippen LogP) is 6.60. The highest BCUT2D eigenvalue weighted by Gasteiger charge is 2.34. The zero-order valence-corrected chi connectivity index (χ0v) is 28.5. The van der Waals surface area contributed by atoms with Crippen LogP contribution < -0.4 is 5.32 Å². The number of ether oxygens (including phenoxy) is 2. The van der Waals surface area contributed by atoms with Crippen molar-refractivity contribution < 1.29 is 33.8 Å². The number of carboxylic acid groups (broad SMARTS) is 1. The molecule has 1 aromatic heterocycles. The van der Waals surface area contributed by atoms with Gasteiger partial charge in [0.25, 0.3) is 5.91 Å². The number of benzene rings is 1. The van der Waals surface area contributed by atoms with Crippen LogP contribution in [0.2, 0.25) is 0 Å². The van der Waals surface area contributed by atoms with E-state index in [0.717, 1.165) is 10.4 Å². The number of amides is 2. The van der Waals surface area contributed by atoms with E-state index in [2.05, 4.69) is 5.32 Å². The van der Waals surface area contributed by atoms with E-state index in [1.807, 2.05) is 58.0 Å². The van der Waals surface area contributed by atoms with Crippen molar-refractivity contribution in [2.75, 3.05) is 7.05 Å². The monoisotopic (exact) mass is 631 g/mol. The van der Waals surface area contributed by atoms with E-state index in [-0.39, 0.29) is 36.4 Å². The number of nitrogens with one attached hydrogen (secondary N) is 1. The summed E-state index contributed by atoms with van der Waals surface area (Å²) >= 11 is 1.30. The third-order valence-corrected chi connectivity index (χ3v) is 8.56. The van der Waals surface area contributed by atoms with Crippen LogP contribution in [0.1, 0.15) is 113 Å². The highest BCUT2D eigenvalue weighted by atomic mass is 32.1. The van der Waals surface area contributed by atoms with E-state index in [0.29, 0.717) is 11.4 Å². The molecule has 2 rings (SSSR count). The van der Waals surface area contributed by atoms with Crippen molar-refractivity contribution >= 4 is 35.3 Å². The van der Waals surface area contributed by atoms with Gasteiger partial charge in [0.1, 0.15) is 16.3 Å². The number of carbonyl (C=O) groups is 4. The first-order valence-corrected chi connectivity index (χ1v) is 15.9. The Morgan fingerprint density at radius 1 is 1.02 bits per heavy atom. The molecule has 2 amide bonds. The minimum absolute atomic E-state index is 0.00662. The molecular formula is C33H49N3O7S. The van der Waals surface area contributed by atoms with Gasteiger partial charge in [-0.2, -0.15) is 0 Å². The normalized spacial score (nSPS) is 14.5. The molecule has 0 radical (unpaired) electrons. The van der Waals surface area contributed by atoms with Crippen LogP contribution in [0.25, 0.3) is 0 Å². The fourth-order valence-corrected chi connectivity index (χ4v) is 5.99. The molecule has 2 N–H and O–H groups in total. The summed E-state index contributed by atoms with van der Waals surface area (Å²) in [4.78, 5) is 57.5. The Bertz CT molecular complexity index is 1270. The molecule has 0 aliphatic carbocycles. The van der Waals surface area contributed by atoms with Gasteiger partial charge in [-0.3, -0.25) is 14.4 Å². The zero-order valence-electron chi connectivity index (χ0n) is 27.7.